The van der Waals surface area contributed by atoms with Crippen LogP contribution in [-0.2, 0) is 4.74 Å². The molecule has 0 bridgehead atoms. The molecule has 0 atom stereocenters. The SMILES string of the molecule is NCC#CC1CCOCC1. The third-order valence-corrected chi connectivity index (χ3v) is 1.63. The molecule has 0 aromatic heterocycles. The van der Waals surface area contributed by atoms with E-state index in [2.05, 4.69) is 11.8 Å². The lowest BCUT2D eigenvalue weighted by molar-refractivity contribution is 0.0807. The third kappa shape index (κ3) is 2.38. The van der Waals surface area contributed by atoms with Gasteiger partial charge in [0.2, 0.25) is 0 Å². The third-order valence-electron chi connectivity index (χ3n) is 1.63. The maximum atomic E-state index is 5.24. The Bertz CT molecular complexity index is 139. The first kappa shape index (κ1) is 7.59. The fourth-order valence-electron chi connectivity index (χ4n) is 1.05. The van der Waals surface area contributed by atoms with E-state index in [1.165, 1.54) is 0 Å². The first-order valence-corrected chi connectivity index (χ1v) is 3.69. The van der Waals surface area contributed by atoms with Gasteiger partial charge in [0.1, 0.15) is 0 Å². The maximum absolute atomic E-state index is 5.24. The van der Waals surface area contributed by atoms with Crippen LogP contribution in [0.3, 0.4) is 0 Å². The van der Waals surface area contributed by atoms with Crippen molar-refractivity contribution in [1.82, 2.24) is 0 Å². The van der Waals surface area contributed by atoms with Crippen molar-refractivity contribution in [1.29, 1.82) is 0 Å². The summed E-state index contributed by atoms with van der Waals surface area (Å²) in [7, 11) is 0. The molecule has 0 amide bonds. The number of hydrogen-bond donors (Lipinski definition) is 1. The van der Waals surface area contributed by atoms with Crippen LogP contribution >= 0.6 is 0 Å². The molecule has 0 aromatic carbocycles. The van der Waals surface area contributed by atoms with E-state index in [-0.39, 0.29) is 0 Å². The Morgan fingerprint density at radius 1 is 1.40 bits per heavy atom. The summed E-state index contributed by atoms with van der Waals surface area (Å²) in [5.41, 5.74) is 5.24. The van der Waals surface area contributed by atoms with Gasteiger partial charge in [-0.3, -0.25) is 0 Å². The van der Waals surface area contributed by atoms with E-state index in [0.717, 1.165) is 26.1 Å². The second-order valence-corrected chi connectivity index (χ2v) is 2.41. The molecule has 2 N–H and O–H groups in total. The van der Waals surface area contributed by atoms with Gasteiger partial charge < -0.3 is 10.5 Å². The molecule has 0 aliphatic carbocycles. The van der Waals surface area contributed by atoms with Gasteiger partial charge >= 0.3 is 0 Å². The molecule has 0 radical (unpaired) electrons. The predicted molar refractivity (Wildman–Crippen MR) is 40.4 cm³/mol. The van der Waals surface area contributed by atoms with E-state index in [0.29, 0.717) is 12.5 Å². The number of ether oxygens (including phenoxy) is 1. The molecular weight excluding hydrogens is 126 g/mol. The van der Waals surface area contributed by atoms with Crippen LogP contribution in [0.5, 0.6) is 0 Å². The summed E-state index contributed by atoms with van der Waals surface area (Å²) < 4.78 is 5.18. The van der Waals surface area contributed by atoms with Crippen LogP contribution < -0.4 is 5.73 Å². The molecule has 1 fully saturated rings. The fraction of sp³-hybridized carbons (Fsp3) is 0.750. The van der Waals surface area contributed by atoms with E-state index in [4.69, 9.17) is 10.5 Å². The van der Waals surface area contributed by atoms with Crippen molar-refractivity contribution in [2.45, 2.75) is 12.8 Å². The maximum Gasteiger partial charge on any atom is 0.0551 e. The van der Waals surface area contributed by atoms with Crippen LogP contribution in [0.4, 0.5) is 0 Å². The minimum atomic E-state index is 0.483. The zero-order valence-electron chi connectivity index (χ0n) is 6.10. The van der Waals surface area contributed by atoms with E-state index in [1.54, 1.807) is 0 Å². The van der Waals surface area contributed by atoms with Gasteiger partial charge in [0.05, 0.1) is 6.54 Å². The number of hydrogen-bond acceptors (Lipinski definition) is 2. The topological polar surface area (TPSA) is 35.2 Å². The molecule has 1 aliphatic rings. The summed E-state index contributed by atoms with van der Waals surface area (Å²) in [5.74, 6) is 6.55. The van der Waals surface area contributed by atoms with E-state index in [9.17, 15) is 0 Å². The van der Waals surface area contributed by atoms with Crippen molar-refractivity contribution >= 4 is 0 Å². The highest BCUT2D eigenvalue weighted by atomic mass is 16.5. The Labute approximate surface area is 61.7 Å². The molecule has 0 aromatic rings. The number of rotatable bonds is 0. The van der Waals surface area contributed by atoms with Crippen molar-refractivity contribution in [2.24, 2.45) is 11.7 Å². The highest BCUT2D eigenvalue weighted by molar-refractivity contribution is 5.04. The lowest BCUT2D eigenvalue weighted by atomic mass is 10.0. The van der Waals surface area contributed by atoms with Crippen molar-refractivity contribution in [3.05, 3.63) is 0 Å². The Morgan fingerprint density at radius 3 is 2.70 bits per heavy atom. The van der Waals surface area contributed by atoms with Crippen molar-refractivity contribution in [2.75, 3.05) is 19.8 Å². The summed E-state index contributed by atoms with van der Waals surface area (Å²) in [6.45, 7) is 2.21. The summed E-state index contributed by atoms with van der Waals surface area (Å²) in [5, 5.41) is 0. The number of nitrogens with two attached hydrogens (primary N) is 1. The highest BCUT2D eigenvalue weighted by Crippen LogP contribution is 2.12. The molecule has 56 valence electrons. The van der Waals surface area contributed by atoms with Gasteiger partial charge in [0.25, 0.3) is 0 Å². The van der Waals surface area contributed by atoms with Crippen LogP contribution in [0.2, 0.25) is 0 Å². The second kappa shape index (κ2) is 4.32. The largest absolute Gasteiger partial charge is 0.381 e. The molecular formula is C8H13NO. The Kier molecular flexibility index (Phi) is 3.28. The molecule has 0 unspecified atom stereocenters. The molecule has 1 aliphatic heterocycles. The van der Waals surface area contributed by atoms with Gasteiger partial charge in [-0.2, -0.15) is 0 Å². The molecule has 0 spiro atoms. The minimum Gasteiger partial charge on any atom is -0.381 e. The van der Waals surface area contributed by atoms with E-state index < -0.39 is 0 Å². The molecule has 0 saturated carbocycles. The van der Waals surface area contributed by atoms with Crippen LogP contribution in [0.15, 0.2) is 0 Å². The Morgan fingerprint density at radius 2 is 2.10 bits per heavy atom. The van der Waals surface area contributed by atoms with Crippen molar-refractivity contribution in [3.8, 4) is 11.8 Å². The van der Waals surface area contributed by atoms with Crippen LogP contribution in [-0.4, -0.2) is 19.8 Å². The first-order valence-electron chi connectivity index (χ1n) is 3.69. The normalized spacial score (nSPS) is 19.7. The van der Waals surface area contributed by atoms with Crippen molar-refractivity contribution in [3.63, 3.8) is 0 Å². The smallest absolute Gasteiger partial charge is 0.0551 e. The van der Waals surface area contributed by atoms with Gasteiger partial charge in [-0.1, -0.05) is 11.8 Å². The zero-order valence-corrected chi connectivity index (χ0v) is 6.10. The Hall–Kier alpha value is -0.520. The van der Waals surface area contributed by atoms with Gasteiger partial charge in [0, 0.05) is 19.1 Å². The van der Waals surface area contributed by atoms with Gasteiger partial charge in [-0.05, 0) is 12.8 Å². The van der Waals surface area contributed by atoms with Gasteiger partial charge in [0.15, 0.2) is 0 Å². The molecule has 1 heterocycles. The van der Waals surface area contributed by atoms with Gasteiger partial charge in [-0.25, -0.2) is 0 Å². The minimum absolute atomic E-state index is 0.483. The highest BCUT2D eigenvalue weighted by Gasteiger charge is 2.09. The average molecular weight is 139 g/mol. The van der Waals surface area contributed by atoms with Crippen LogP contribution in [0.1, 0.15) is 12.8 Å². The van der Waals surface area contributed by atoms with Crippen LogP contribution in [0.25, 0.3) is 0 Å². The molecule has 1 saturated heterocycles. The van der Waals surface area contributed by atoms with Crippen LogP contribution in [0, 0.1) is 17.8 Å². The Balaban J connectivity index is 2.25. The standard InChI is InChI=1S/C8H13NO/c9-5-1-2-8-3-6-10-7-4-8/h8H,3-7,9H2. The molecule has 2 heteroatoms. The summed E-state index contributed by atoms with van der Waals surface area (Å²) in [4.78, 5) is 0. The molecule has 1 rings (SSSR count). The summed E-state index contributed by atoms with van der Waals surface area (Å²) >= 11 is 0. The monoisotopic (exact) mass is 139 g/mol. The molecule has 10 heavy (non-hydrogen) atoms. The van der Waals surface area contributed by atoms with Crippen molar-refractivity contribution < 1.29 is 4.74 Å². The summed E-state index contributed by atoms with van der Waals surface area (Å²) in [6.07, 6.45) is 2.15. The lowest BCUT2D eigenvalue weighted by Crippen LogP contribution is -2.14. The quantitative estimate of drug-likeness (QED) is 0.492. The van der Waals surface area contributed by atoms with E-state index >= 15 is 0 Å². The van der Waals surface area contributed by atoms with Gasteiger partial charge in [-0.15, -0.1) is 0 Å². The molecule has 2 nitrogen and oxygen atoms in total. The summed E-state index contributed by atoms with van der Waals surface area (Å²) in [6, 6.07) is 0. The zero-order chi connectivity index (χ0) is 7.23. The predicted octanol–water partition coefficient (Wildman–Crippen LogP) is 0.375. The first-order chi connectivity index (χ1) is 4.93. The average Bonchev–Trinajstić information content (AvgIpc) is 2.03. The van der Waals surface area contributed by atoms with E-state index in [1.807, 2.05) is 0 Å². The second-order valence-electron chi connectivity index (χ2n) is 2.41. The lowest BCUT2D eigenvalue weighted by Gasteiger charge is -2.16. The fourth-order valence-corrected chi connectivity index (χ4v) is 1.05.